The van der Waals surface area contributed by atoms with Gasteiger partial charge in [-0.25, -0.2) is 0 Å². The van der Waals surface area contributed by atoms with Crippen LogP contribution < -0.4 is 0 Å². The van der Waals surface area contributed by atoms with Crippen molar-refractivity contribution < 1.29 is 4.79 Å². The van der Waals surface area contributed by atoms with Crippen LogP contribution >= 0.6 is 11.5 Å². The summed E-state index contributed by atoms with van der Waals surface area (Å²) in [5.41, 5.74) is 0.837. The molecular formula is C11H16N2OS. The van der Waals surface area contributed by atoms with E-state index in [1.807, 2.05) is 5.38 Å². The fourth-order valence-electron chi connectivity index (χ4n) is 2.17. The zero-order chi connectivity index (χ0) is 10.7. The van der Waals surface area contributed by atoms with Gasteiger partial charge in [0.15, 0.2) is 0 Å². The van der Waals surface area contributed by atoms with Gasteiger partial charge in [0, 0.05) is 11.3 Å². The number of aromatic nitrogens is 2. The van der Waals surface area contributed by atoms with Gasteiger partial charge in [-0.3, -0.25) is 4.79 Å². The number of hydrogen-bond acceptors (Lipinski definition) is 4. The topological polar surface area (TPSA) is 42.9 Å². The highest BCUT2D eigenvalue weighted by molar-refractivity contribution is 7.03. The molecule has 0 spiro atoms. The first-order chi connectivity index (χ1) is 7.25. The van der Waals surface area contributed by atoms with E-state index in [-0.39, 0.29) is 5.92 Å². The predicted octanol–water partition coefficient (Wildman–Crippen LogP) is 2.48. The van der Waals surface area contributed by atoms with Crippen LogP contribution in [-0.2, 0) is 11.2 Å². The number of carbonyl (C=O) groups is 1. The molecule has 0 aromatic carbocycles. The molecule has 15 heavy (non-hydrogen) atoms. The van der Waals surface area contributed by atoms with Crippen LogP contribution in [0, 0.1) is 11.8 Å². The Balaban J connectivity index is 1.86. The lowest BCUT2D eigenvalue weighted by Gasteiger charge is -2.24. The van der Waals surface area contributed by atoms with Crippen LogP contribution in [0.5, 0.6) is 0 Å². The molecule has 1 heterocycles. The van der Waals surface area contributed by atoms with E-state index in [4.69, 9.17) is 0 Å². The number of rotatable bonds is 3. The van der Waals surface area contributed by atoms with Gasteiger partial charge < -0.3 is 0 Å². The lowest BCUT2D eigenvalue weighted by Crippen LogP contribution is -2.22. The highest BCUT2D eigenvalue weighted by Gasteiger charge is 2.24. The summed E-state index contributed by atoms with van der Waals surface area (Å²) >= 11 is 1.32. The van der Waals surface area contributed by atoms with E-state index in [2.05, 4.69) is 16.5 Å². The van der Waals surface area contributed by atoms with Crippen molar-refractivity contribution in [2.24, 2.45) is 11.8 Å². The molecule has 0 amide bonds. The van der Waals surface area contributed by atoms with Crippen LogP contribution in [0.1, 0.15) is 38.3 Å². The average molecular weight is 224 g/mol. The molecule has 2 rings (SSSR count). The molecule has 0 saturated heterocycles. The molecular weight excluding hydrogens is 208 g/mol. The van der Waals surface area contributed by atoms with Crippen molar-refractivity contribution in [3.8, 4) is 0 Å². The second-order valence-electron chi connectivity index (χ2n) is 4.50. The molecule has 0 unspecified atom stereocenters. The molecule has 1 aliphatic carbocycles. The molecule has 1 aromatic rings. The van der Waals surface area contributed by atoms with Crippen molar-refractivity contribution in [3.63, 3.8) is 0 Å². The normalized spacial score (nSPS) is 26.5. The first-order valence-electron chi connectivity index (χ1n) is 5.54. The smallest absolute Gasteiger partial charge is 0.142 e. The van der Waals surface area contributed by atoms with Gasteiger partial charge in [-0.15, -0.1) is 5.10 Å². The molecule has 1 saturated carbocycles. The lowest BCUT2D eigenvalue weighted by molar-refractivity contribution is -0.123. The van der Waals surface area contributed by atoms with Gasteiger partial charge in [-0.2, -0.15) is 0 Å². The molecule has 0 N–H and O–H groups in total. The van der Waals surface area contributed by atoms with Crippen molar-refractivity contribution in [2.75, 3.05) is 0 Å². The van der Waals surface area contributed by atoms with Crippen LogP contribution in [0.15, 0.2) is 5.38 Å². The Morgan fingerprint density at radius 3 is 2.80 bits per heavy atom. The zero-order valence-electron chi connectivity index (χ0n) is 8.98. The standard InChI is InChI=1S/C11H16N2OS/c1-8-2-4-9(5-3-8)11(14)6-10-7-15-13-12-10/h7-9H,2-6H2,1H3. The van der Waals surface area contributed by atoms with Crippen LogP contribution in [0.3, 0.4) is 0 Å². The molecule has 0 atom stereocenters. The van der Waals surface area contributed by atoms with Gasteiger partial charge in [0.05, 0.1) is 12.1 Å². The lowest BCUT2D eigenvalue weighted by atomic mass is 9.80. The van der Waals surface area contributed by atoms with E-state index < -0.39 is 0 Å². The van der Waals surface area contributed by atoms with Crippen LogP contribution in [-0.4, -0.2) is 15.4 Å². The Labute approximate surface area is 94.1 Å². The summed E-state index contributed by atoms with van der Waals surface area (Å²) in [7, 11) is 0. The Morgan fingerprint density at radius 1 is 1.47 bits per heavy atom. The number of nitrogens with zero attached hydrogens (tertiary/aromatic N) is 2. The van der Waals surface area contributed by atoms with Gasteiger partial charge in [0.1, 0.15) is 5.78 Å². The maximum atomic E-state index is 11.9. The molecule has 82 valence electrons. The third-order valence-corrected chi connectivity index (χ3v) is 3.79. The van der Waals surface area contributed by atoms with Gasteiger partial charge in [-0.1, -0.05) is 24.3 Å². The van der Waals surface area contributed by atoms with E-state index in [0.29, 0.717) is 12.2 Å². The van der Waals surface area contributed by atoms with Crippen LogP contribution in [0.25, 0.3) is 0 Å². The van der Waals surface area contributed by atoms with Gasteiger partial charge in [0.2, 0.25) is 0 Å². The van der Waals surface area contributed by atoms with E-state index in [1.165, 1.54) is 24.4 Å². The maximum absolute atomic E-state index is 11.9. The minimum atomic E-state index is 0.280. The van der Waals surface area contributed by atoms with Crippen molar-refractivity contribution in [3.05, 3.63) is 11.1 Å². The summed E-state index contributed by atoms with van der Waals surface area (Å²) in [4.78, 5) is 11.9. The fraction of sp³-hybridized carbons (Fsp3) is 0.727. The fourth-order valence-corrected chi connectivity index (χ4v) is 2.62. The third-order valence-electron chi connectivity index (χ3n) is 3.23. The molecule has 0 bridgehead atoms. The Morgan fingerprint density at radius 2 is 2.20 bits per heavy atom. The first kappa shape index (κ1) is 10.7. The summed E-state index contributed by atoms with van der Waals surface area (Å²) in [6.45, 7) is 2.27. The Hall–Kier alpha value is -0.770. The quantitative estimate of drug-likeness (QED) is 0.792. The molecule has 1 aliphatic rings. The number of ketones is 1. The summed E-state index contributed by atoms with van der Waals surface area (Å²) in [5.74, 6) is 1.44. The average Bonchev–Trinajstić information content (AvgIpc) is 2.71. The molecule has 1 fully saturated rings. The second-order valence-corrected chi connectivity index (χ2v) is 5.11. The summed E-state index contributed by atoms with van der Waals surface area (Å²) in [6.07, 6.45) is 5.02. The highest BCUT2D eigenvalue weighted by Crippen LogP contribution is 2.29. The number of hydrogen-bond donors (Lipinski definition) is 0. The summed E-state index contributed by atoms with van der Waals surface area (Å²) in [5, 5.41) is 5.78. The molecule has 0 aliphatic heterocycles. The molecule has 0 radical (unpaired) electrons. The largest absolute Gasteiger partial charge is 0.299 e. The third kappa shape index (κ3) is 2.84. The van der Waals surface area contributed by atoms with Crippen molar-refractivity contribution >= 4 is 17.3 Å². The van der Waals surface area contributed by atoms with Crippen molar-refractivity contribution in [1.82, 2.24) is 9.59 Å². The number of Topliss-reactive ketones (excluding diaryl/α,β-unsaturated/α-hetero) is 1. The first-order valence-corrected chi connectivity index (χ1v) is 6.38. The minimum absolute atomic E-state index is 0.280. The highest BCUT2D eigenvalue weighted by atomic mass is 32.1. The Kier molecular flexibility index (Phi) is 3.46. The Bertz CT molecular complexity index is 315. The molecule has 1 aromatic heterocycles. The summed E-state index contributed by atoms with van der Waals surface area (Å²) < 4.78 is 3.77. The van der Waals surface area contributed by atoms with Crippen molar-refractivity contribution in [1.29, 1.82) is 0 Å². The monoisotopic (exact) mass is 224 g/mol. The molecule has 4 heteroatoms. The maximum Gasteiger partial charge on any atom is 0.142 e. The summed E-state index contributed by atoms with van der Waals surface area (Å²) in [6, 6.07) is 0. The zero-order valence-corrected chi connectivity index (χ0v) is 9.80. The second kappa shape index (κ2) is 4.84. The van der Waals surface area contributed by atoms with Gasteiger partial charge >= 0.3 is 0 Å². The predicted molar refractivity (Wildman–Crippen MR) is 59.7 cm³/mol. The minimum Gasteiger partial charge on any atom is -0.299 e. The van der Waals surface area contributed by atoms with E-state index >= 15 is 0 Å². The van der Waals surface area contributed by atoms with Crippen LogP contribution in [0.4, 0.5) is 0 Å². The van der Waals surface area contributed by atoms with E-state index in [0.717, 1.165) is 24.5 Å². The van der Waals surface area contributed by atoms with Crippen molar-refractivity contribution in [2.45, 2.75) is 39.0 Å². The van der Waals surface area contributed by atoms with Crippen LogP contribution in [0.2, 0.25) is 0 Å². The van der Waals surface area contributed by atoms with Gasteiger partial charge in [-0.05, 0) is 30.3 Å². The van der Waals surface area contributed by atoms with E-state index in [1.54, 1.807) is 0 Å². The SMILES string of the molecule is CC1CCC(C(=O)Cc2csnn2)CC1. The van der Waals surface area contributed by atoms with Gasteiger partial charge in [0.25, 0.3) is 0 Å². The van der Waals surface area contributed by atoms with E-state index in [9.17, 15) is 4.79 Å². The number of carbonyl (C=O) groups excluding carboxylic acids is 1. The molecule has 3 nitrogen and oxygen atoms in total.